The molecule has 2 bridgehead atoms. The molecule has 1 atom stereocenters. The number of hydrogen-bond acceptors (Lipinski definition) is 4. The molecule has 22 heavy (non-hydrogen) atoms. The second kappa shape index (κ2) is 5.97. The maximum atomic E-state index is 11.8. The third-order valence-corrected chi connectivity index (χ3v) is 5.31. The number of benzene rings is 1. The van der Waals surface area contributed by atoms with Gasteiger partial charge in [-0.1, -0.05) is 11.6 Å². The van der Waals surface area contributed by atoms with E-state index in [4.69, 9.17) is 22.1 Å². The number of piperidine rings is 3. The zero-order valence-electron chi connectivity index (χ0n) is 13.0. The number of rotatable bonds is 4. The second-order valence-corrected chi connectivity index (χ2v) is 6.49. The summed E-state index contributed by atoms with van der Waals surface area (Å²) in [7, 11) is 3.43. The Morgan fingerprint density at radius 1 is 1.45 bits per heavy atom. The van der Waals surface area contributed by atoms with Gasteiger partial charge in [-0.15, -0.1) is 0 Å². The molecule has 3 heterocycles. The molecule has 0 saturated carbocycles. The van der Waals surface area contributed by atoms with E-state index >= 15 is 0 Å². The van der Waals surface area contributed by atoms with Crippen molar-refractivity contribution in [3.8, 4) is 5.75 Å². The summed E-state index contributed by atoms with van der Waals surface area (Å²) in [6.07, 6.45) is 2.35. The van der Waals surface area contributed by atoms with E-state index in [1.807, 2.05) is 7.05 Å². The number of carbonyl (C=O) groups excluding carboxylic acids is 1. The summed E-state index contributed by atoms with van der Waals surface area (Å²) in [5.74, 6) is 0.978. The topological polar surface area (TPSA) is 67.6 Å². The van der Waals surface area contributed by atoms with E-state index in [-0.39, 0.29) is 0 Å². The molecule has 0 spiro atoms. The Balaban J connectivity index is 2.17. The molecule has 6 heteroatoms. The van der Waals surface area contributed by atoms with Gasteiger partial charge in [-0.2, -0.15) is 0 Å². The van der Waals surface area contributed by atoms with Crippen LogP contribution < -0.4 is 15.8 Å². The van der Waals surface area contributed by atoms with Crippen LogP contribution in [0.2, 0.25) is 5.02 Å². The molecule has 3 N–H and O–H groups in total. The van der Waals surface area contributed by atoms with Crippen LogP contribution in [0.5, 0.6) is 5.75 Å². The fraction of sp³-hybridized carbons (Fsp3) is 0.562. The molecule has 5 nitrogen and oxygen atoms in total. The predicted molar refractivity (Wildman–Crippen MR) is 88.0 cm³/mol. The zero-order valence-corrected chi connectivity index (χ0v) is 13.7. The number of nitrogens with two attached hydrogens (primary N) is 1. The molecular formula is C16H22ClN3O2. The van der Waals surface area contributed by atoms with Crippen molar-refractivity contribution in [3.63, 3.8) is 0 Å². The number of nitrogens with zero attached hydrogens (tertiary/aromatic N) is 1. The first-order valence-corrected chi connectivity index (χ1v) is 8.04. The van der Waals surface area contributed by atoms with Gasteiger partial charge >= 0.3 is 0 Å². The maximum absolute atomic E-state index is 11.8. The van der Waals surface area contributed by atoms with E-state index in [1.54, 1.807) is 13.2 Å². The van der Waals surface area contributed by atoms with Crippen LogP contribution in [0.3, 0.4) is 0 Å². The van der Waals surface area contributed by atoms with Gasteiger partial charge in [-0.3, -0.25) is 4.79 Å². The van der Waals surface area contributed by atoms with Gasteiger partial charge in [0.05, 0.1) is 23.4 Å². The van der Waals surface area contributed by atoms with Crippen LogP contribution in [0, 0.1) is 5.92 Å². The molecule has 1 aromatic carbocycles. The largest absolute Gasteiger partial charge is 0.496 e. The van der Waals surface area contributed by atoms with Gasteiger partial charge in [0.25, 0.3) is 5.91 Å². The zero-order chi connectivity index (χ0) is 15.9. The first-order chi connectivity index (χ1) is 10.6. The summed E-state index contributed by atoms with van der Waals surface area (Å²) < 4.78 is 5.58. The van der Waals surface area contributed by atoms with E-state index < -0.39 is 5.91 Å². The van der Waals surface area contributed by atoms with Crippen molar-refractivity contribution in [1.29, 1.82) is 0 Å². The van der Waals surface area contributed by atoms with E-state index in [9.17, 15) is 4.79 Å². The molecule has 1 aromatic rings. The van der Waals surface area contributed by atoms with Gasteiger partial charge in [0.1, 0.15) is 5.75 Å². The van der Waals surface area contributed by atoms with E-state index in [1.165, 1.54) is 12.8 Å². The molecule has 3 aliphatic rings. The van der Waals surface area contributed by atoms with E-state index in [0.29, 0.717) is 28.2 Å². The highest BCUT2D eigenvalue weighted by atomic mass is 35.5. The molecular weight excluding hydrogens is 302 g/mol. The lowest BCUT2D eigenvalue weighted by Gasteiger charge is -2.45. The van der Waals surface area contributed by atoms with Crippen molar-refractivity contribution in [1.82, 2.24) is 4.90 Å². The van der Waals surface area contributed by atoms with Crippen LogP contribution in [0.1, 0.15) is 34.7 Å². The lowest BCUT2D eigenvalue weighted by molar-refractivity contribution is 0.0860. The molecule has 1 unspecified atom stereocenters. The Hall–Kier alpha value is -1.46. The summed E-state index contributed by atoms with van der Waals surface area (Å²) in [6.45, 7) is 3.29. The summed E-state index contributed by atoms with van der Waals surface area (Å²) in [5, 5.41) is 3.70. The van der Waals surface area contributed by atoms with Crippen LogP contribution in [0.15, 0.2) is 6.07 Å². The van der Waals surface area contributed by atoms with Gasteiger partial charge in [0.2, 0.25) is 0 Å². The Kier molecular flexibility index (Phi) is 4.19. The highest BCUT2D eigenvalue weighted by molar-refractivity contribution is 6.34. The Bertz CT molecular complexity index is 598. The highest BCUT2D eigenvalue weighted by Crippen LogP contribution is 2.48. The first kappa shape index (κ1) is 15.4. The van der Waals surface area contributed by atoms with Crippen LogP contribution in [0.4, 0.5) is 5.69 Å². The molecule has 0 radical (unpaired) electrons. The third-order valence-electron chi connectivity index (χ3n) is 5.02. The van der Waals surface area contributed by atoms with Crippen molar-refractivity contribution in [3.05, 3.63) is 22.2 Å². The molecule has 3 saturated heterocycles. The lowest BCUT2D eigenvalue weighted by atomic mass is 9.74. The molecule has 3 aliphatic heterocycles. The fourth-order valence-corrected chi connectivity index (χ4v) is 4.26. The second-order valence-electron chi connectivity index (χ2n) is 6.09. The van der Waals surface area contributed by atoms with Gasteiger partial charge in [0.15, 0.2) is 0 Å². The highest BCUT2D eigenvalue weighted by Gasteiger charge is 2.39. The van der Waals surface area contributed by atoms with Crippen LogP contribution in [-0.2, 0) is 0 Å². The molecule has 4 rings (SSSR count). The monoisotopic (exact) mass is 323 g/mol. The summed E-state index contributed by atoms with van der Waals surface area (Å²) in [6, 6.07) is 1.60. The number of ether oxygens (including phenoxy) is 1. The predicted octanol–water partition coefficient (Wildman–Crippen LogP) is 2.30. The minimum absolute atomic E-state index is 0.316. The van der Waals surface area contributed by atoms with Crippen LogP contribution in [0.25, 0.3) is 0 Å². The smallest absolute Gasteiger partial charge is 0.252 e. The minimum atomic E-state index is -0.510. The first-order valence-electron chi connectivity index (χ1n) is 7.67. The molecule has 0 aromatic heterocycles. The van der Waals surface area contributed by atoms with Crippen molar-refractivity contribution in [2.24, 2.45) is 11.7 Å². The number of hydrogen-bond donors (Lipinski definition) is 2. The number of nitrogens with one attached hydrogen (secondary N) is 1. The molecule has 0 aliphatic carbocycles. The van der Waals surface area contributed by atoms with Crippen molar-refractivity contribution < 1.29 is 9.53 Å². The summed E-state index contributed by atoms with van der Waals surface area (Å²) in [4.78, 5) is 14.2. The Morgan fingerprint density at radius 2 is 2.14 bits per heavy atom. The Labute approximate surface area is 135 Å². The van der Waals surface area contributed by atoms with E-state index in [0.717, 1.165) is 30.9 Å². The number of amides is 1. The average Bonchev–Trinajstić information content (AvgIpc) is 2.54. The van der Waals surface area contributed by atoms with Gasteiger partial charge < -0.3 is 20.7 Å². The standard InChI is InChI=1S/C16H22ClN3O2/c1-19-14-12(17)7-10(16(18)21)15(22-2)13(14)11-8-20-5-3-9(11)4-6-20/h7,9,11,19H,3-6,8H2,1-2H3,(H2,18,21). The average molecular weight is 324 g/mol. The SMILES string of the molecule is CNc1c(Cl)cc(C(N)=O)c(OC)c1C1CN2CCC1CC2. The van der Waals surface area contributed by atoms with Gasteiger partial charge in [-0.25, -0.2) is 0 Å². The number of anilines is 1. The van der Waals surface area contributed by atoms with Gasteiger partial charge in [-0.05, 0) is 37.9 Å². The lowest BCUT2D eigenvalue weighted by Crippen LogP contribution is -2.46. The number of carbonyl (C=O) groups is 1. The molecule has 3 fully saturated rings. The number of halogens is 1. The van der Waals surface area contributed by atoms with Crippen molar-refractivity contribution in [2.45, 2.75) is 18.8 Å². The fourth-order valence-electron chi connectivity index (χ4n) is 3.95. The van der Waals surface area contributed by atoms with Gasteiger partial charge in [0, 0.05) is 25.1 Å². The number of primary amides is 1. The van der Waals surface area contributed by atoms with Crippen LogP contribution >= 0.6 is 11.6 Å². The van der Waals surface area contributed by atoms with Crippen molar-refractivity contribution in [2.75, 3.05) is 39.1 Å². The summed E-state index contributed by atoms with van der Waals surface area (Å²) >= 11 is 6.39. The Morgan fingerprint density at radius 3 is 2.59 bits per heavy atom. The number of methoxy groups -OCH3 is 1. The minimum Gasteiger partial charge on any atom is -0.496 e. The molecule has 120 valence electrons. The normalized spacial score (nSPS) is 26.8. The quantitative estimate of drug-likeness (QED) is 0.892. The van der Waals surface area contributed by atoms with Crippen LogP contribution in [-0.4, -0.2) is 44.6 Å². The maximum Gasteiger partial charge on any atom is 0.252 e. The van der Waals surface area contributed by atoms with E-state index in [2.05, 4.69) is 10.2 Å². The molecule has 1 amide bonds. The van der Waals surface area contributed by atoms with Crippen molar-refractivity contribution >= 4 is 23.2 Å². The summed E-state index contributed by atoms with van der Waals surface area (Å²) in [5.41, 5.74) is 7.73. The third kappa shape index (κ3) is 2.42. The number of fused-ring (bicyclic) bond motifs is 3.